The Labute approximate surface area is 127 Å². The normalized spacial score (nSPS) is 9.86. The van der Waals surface area contributed by atoms with Gasteiger partial charge in [0.15, 0.2) is 6.29 Å². The molecule has 112 valence electrons. The molecule has 0 fully saturated rings. The van der Waals surface area contributed by atoms with E-state index < -0.39 is 11.8 Å². The van der Waals surface area contributed by atoms with Crippen molar-refractivity contribution in [3.05, 3.63) is 65.2 Å². The van der Waals surface area contributed by atoms with Gasteiger partial charge in [-0.1, -0.05) is 30.3 Å². The predicted octanol–water partition coefficient (Wildman–Crippen LogP) is 2.43. The van der Waals surface area contributed by atoms with E-state index in [2.05, 4.69) is 4.74 Å². The molecule has 0 saturated carbocycles. The van der Waals surface area contributed by atoms with Gasteiger partial charge < -0.3 is 9.47 Å². The highest BCUT2D eigenvalue weighted by molar-refractivity contribution is 6.33. The zero-order chi connectivity index (χ0) is 15.9. The summed E-state index contributed by atoms with van der Waals surface area (Å²) in [5, 5.41) is 0. The number of ketones is 1. The quantitative estimate of drug-likeness (QED) is 0.354. The Hall–Kier alpha value is -2.95. The Morgan fingerprint density at radius 2 is 1.82 bits per heavy atom. The Bertz CT molecular complexity index is 691. The number of benzene rings is 2. The maximum Gasteiger partial charge on any atom is 0.341 e. The number of methoxy groups -OCH3 is 1. The second-order valence-corrected chi connectivity index (χ2v) is 4.46. The molecular formula is C17H14O5. The highest BCUT2D eigenvalue weighted by Gasteiger charge is 2.16. The molecule has 0 N–H and O–H groups in total. The first kappa shape index (κ1) is 15.4. The van der Waals surface area contributed by atoms with Crippen molar-refractivity contribution in [1.29, 1.82) is 0 Å². The van der Waals surface area contributed by atoms with E-state index in [1.54, 1.807) is 0 Å². The SMILES string of the molecule is COC(=O)c1cc(C(=O)C=O)ccc1OCc1ccccc1. The summed E-state index contributed by atoms with van der Waals surface area (Å²) in [6, 6.07) is 13.6. The van der Waals surface area contributed by atoms with Gasteiger partial charge in [0.1, 0.15) is 17.9 Å². The molecule has 2 aromatic rings. The maximum absolute atomic E-state index is 11.8. The molecule has 0 amide bonds. The van der Waals surface area contributed by atoms with Gasteiger partial charge >= 0.3 is 5.97 Å². The third-order valence-corrected chi connectivity index (χ3v) is 3.01. The average Bonchev–Trinajstić information content (AvgIpc) is 2.59. The molecule has 0 aliphatic heterocycles. The molecule has 0 heterocycles. The van der Waals surface area contributed by atoms with Crippen LogP contribution in [0.15, 0.2) is 48.5 Å². The summed E-state index contributed by atoms with van der Waals surface area (Å²) >= 11 is 0. The average molecular weight is 298 g/mol. The van der Waals surface area contributed by atoms with Crippen molar-refractivity contribution in [2.24, 2.45) is 0 Å². The summed E-state index contributed by atoms with van der Waals surface area (Å²) in [4.78, 5) is 33.8. The molecule has 0 aromatic heterocycles. The number of ether oxygens (including phenoxy) is 2. The van der Waals surface area contributed by atoms with Crippen LogP contribution in [-0.4, -0.2) is 25.1 Å². The highest BCUT2D eigenvalue weighted by Crippen LogP contribution is 2.22. The zero-order valence-corrected chi connectivity index (χ0v) is 11.9. The minimum atomic E-state index is -0.709. The van der Waals surface area contributed by atoms with Crippen molar-refractivity contribution >= 4 is 18.0 Å². The number of rotatable bonds is 6. The number of hydrogen-bond donors (Lipinski definition) is 0. The summed E-state index contributed by atoms with van der Waals surface area (Å²) in [6.07, 6.45) is 0.195. The van der Waals surface area contributed by atoms with Crippen molar-refractivity contribution in [2.75, 3.05) is 7.11 Å². The zero-order valence-electron chi connectivity index (χ0n) is 11.9. The molecule has 0 spiro atoms. The van der Waals surface area contributed by atoms with Crippen LogP contribution in [0.2, 0.25) is 0 Å². The van der Waals surface area contributed by atoms with Gasteiger partial charge in [-0.25, -0.2) is 4.79 Å². The van der Waals surface area contributed by atoms with E-state index in [9.17, 15) is 14.4 Å². The topological polar surface area (TPSA) is 69.7 Å². The Balaban J connectivity index is 2.27. The third-order valence-electron chi connectivity index (χ3n) is 3.01. The lowest BCUT2D eigenvalue weighted by Crippen LogP contribution is -2.09. The molecule has 2 rings (SSSR count). The van der Waals surface area contributed by atoms with Crippen LogP contribution >= 0.6 is 0 Å². The number of esters is 1. The molecule has 0 aliphatic rings. The van der Waals surface area contributed by atoms with Crippen molar-refractivity contribution in [1.82, 2.24) is 0 Å². The Kier molecular flexibility index (Phi) is 5.03. The minimum Gasteiger partial charge on any atom is -0.488 e. The first-order valence-corrected chi connectivity index (χ1v) is 6.54. The number of carbonyl (C=O) groups is 3. The van der Waals surface area contributed by atoms with E-state index in [0.29, 0.717) is 0 Å². The number of aldehydes is 1. The van der Waals surface area contributed by atoms with Crippen LogP contribution in [0.1, 0.15) is 26.3 Å². The second kappa shape index (κ2) is 7.17. The molecule has 0 atom stereocenters. The van der Waals surface area contributed by atoms with E-state index in [1.807, 2.05) is 30.3 Å². The fourth-order valence-corrected chi connectivity index (χ4v) is 1.88. The van der Waals surface area contributed by atoms with Crippen molar-refractivity contribution < 1.29 is 23.9 Å². The Morgan fingerprint density at radius 1 is 1.09 bits per heavy atom. The molecule has 22 heavy (non-hydrogen) atoms. The van der Waals surface area contributed by atoms with E-state index in [1.165, 1.54) is 25.3 Å². The fraction of sp³-hybridized carbons (Fsp3) is 0.118. The van der Waals surface area contributed by atoms with E-state index >= 15 is 0 Å². The smallest absolute Gasteiger partial charge is 0.341 e. The van der Waals surface area contributed by atoms with Gasteiger partial charge in [0.25, 0.3) is 0 Å². The predicted molar refractivity (Wildman–Crippen MR) is 79.0 cm³/mol. The molecule has 0 saturated heterocycles. The van der Waals surface area contributed by atoms with Crippen LogP contribution in [0.3, 0.4) is 0 Å². The van der Waals surface area contributed by atoms with Gasteiger partial charge in [0.2, 0.25) is 5.78 Å². The van der Waals surface area contributed by atoms with Crippen LogP contribution < -0.4 is 4.74 Å². The maximum atomic E-state index is 11.8. The molecular weight excluding hydrogens is 284 g/mol. The molecule has 0 unspecified atom stereocenters. The van der Waals surface area contributed by atoms with Crippen LogP contribution in [-0.2, 0) is 16.1 Å². The fourth-order valence-electron chi connectivity index (χ4n) is 1.88. The van der Waals surface area contributed by atoms with Gasteiger partial charge in [0, 0.05) is 5.56 Å². The summed E-state index contributed by atoms with van der Waals surface area (Å²) < 4.78 is 10.3. The third kappa shape index (κ3) is 3.58. The standard InChI is InChI=1S/C17H14O5/c1-21-17(20)14-9-13(15(19)10-18)7-8-16(14)22-11-12-5-3-2-4-6-12/h2-10H,11H2,1H3. The lowest BCUT2D eigenvalue weighted by molar-refractivity contribution is -0.104. The molecule has 2 aromatic carbocycles. The number of hydrogen-bond acceptors (Lipinski definition) is 5. The summed E-state index contributed by atoms with van der Waals surface area (Å²) in [5.41, 5.74) is 1.15. The second-order valence-electron chi connectivity index (χ2n) is 4.46. The minimum absolute atomic E-state index is 0.103. The summed E-state index contributed by atoms with van der Waals surface area (Å²) in [6.45, 7) is 0.270. The van der Waals surface area contributed by atoms with E-state index in [-0.39, 0.29) is 29.8 Å². The largest absolute Gasteiger partial charge is 0.488 e. The van der Waals surface area contributed by atoms with Crippen LogP contribution in [0.4, 0.5) is 0 Å². The van der Waals surface area contributed by atoms with Crippen molar-refractivity contribution in [3.63, 3.8) is 0 Å². The number of Topliss-reactive ketones (excluding diaryl/α,β-unsaturated/α-hetero) is 1. The Morgan fingerprint density at radius 3 is 2.45 bits per heavy atom. The van der Waals surface area contributed by atoms with Crippen LogP contribution in [0, 0.1) is 0 Å². The molecule has 0 radical (unpaired) electrons. The molecule has 0 aliphatic carbocycles. The number of carbonyl (C=O) groups excluding carboxylic acids is 3. The molecule has 0 bridgehead atoms. The monoisotopic (exact) mass is 298 g/mol. The van der Waals surface area contributed by atoms with Gasteiger partial charge in [-0.2, -0.15) is 0 Å². The first-order valence-electron chi connectivity index (χ1n) is 6.54. The van der Waals surface area contributed by atoms with Crippen molar-refractivity contribution in [2.45, 2.75) is 6.61 Å². The lowest BCUT2D eigenvalue weighted by atomic mass is 10.1. The van der Waals surface area contributed by atoms with Gasteiger partial charge in [-0.05, 0) is 23.8 Å². The van der Waals surface area contributed by atoms with E-state index in [4.69, 9.17) is 4.74 Å². The summed E-state index contributed by atoms with van der Waals surface area (Å²) in [7, 11) is 1.23. The van der Waals surface area contributed by atoms with Gasteiger partial charge in [-0.3, -0.25) is 9.59 Å². The molecule has 5 nitrogen and oxygen atoms in total. The summed E-state index contributed by atoms with van der Waals surface area (Å²) in [5.74, 6) is -1.05. The van der Waals surface area contributed by atoms with Crippen LogP contribution in [0.25, 0.3) is 0 Å². The highest BCUT2D eigenvalue weighted by atomic mass is 16.5. The lowest BCUT2D eigenvalue weighted by Gasteiger charge is -2.11. The molecule has 5 heteroatoms. The van der Waals surface area contributed by atoms with Gasteiger partial charge in [-0.15, -0.1) is 0 Å². The van der Waals surface area contributed by atoms with Crippen LogP contribution in [0.5, 0.6) is 5.75 Å². The first-order chi connectivity index (χ1) is 10.7. The van der Waals surface area contributed by atoms with E-state index in [0.717, 1.165) is 5.56 Å². The van der Waals surface area contributed by atoms with Crippen molar-refractivity contribution in [3.8, 4) is 5.75 Å². The van der Waals surface area contributed by atoms with Gasteiger partial charge in [0.05, 0.1) is 7.11 Å².